The van der Waals surface area contributed by atoms with Crippen molar-refractivity contribution < 1.29 is 38.2 Å². The van der Waals surface area contributed by atoms with E-state index in [1.165, 1.54) is 7.11 Å². The number of hydrogen-bond donors (Lipinski definition) is 0. The quantitative estimate of drug-likeness (QED) is 0.296. The lowest BCUT2D eigenvalue weighted by molar-refractivity contribution is -0.247. The highest BCUT2D eigenvalue weighted by atomic mass is 16.7. The van der Waals surface area contributed by atoms with Gasteiger partial charge in [-0.2, -0.15) is 5.06 Å². The highest BCUT2D eigenvalue weighted by molar-refractivity contribution is 6.32. The van der Waals surface area contributed by atoms with Gasteiger partial charge in [0.2, 0.25) is 0 Å². The molecular formula is C17H29NO8. The number of carbonyl (C=O) groups excluding carboxylic acids is 4. The van der Waals surface area contributed by atoms with Crippen molar-refractivity contribution in [1.82, 2.24) is 5.06 Å². The molecule has 0 fully saturated rings. The van der Waals surface area contributed by atoms with Crippen LogP contribution in [0.3, 0.4) is 0 Å². The van der Waals surface area contributed by atoms with Gasteiger partial charge < -0.3 is 14.2 Å². The molecule has 0 spiro atoms. The van der Waals surface area contributed by atoms with Crippen molar-refractivity contribution in [2.75, 3.05) is 14.2 Å². The minimum atomic E-state index is -1.32. The van der Waals surface area contributed by atoms with Gasteiger partial charge in [-0.1, -0.05) is 0 Å². The summed E-state index contributed by atoms with van der Waals surface area (Å²) in [6, 6.07) is -1.32. The Kier molecular flexibility index (Phi) is 8.72. The molecule has 0 unspecified atom stereocenters. The van der Waals surface area contributed by atoms with Crippen molar-refractivity contribution in [3.63, 3.8) is 0 Å². The fraction of sp³-hybridized carbons (Fsp3) is 0.765. The zero-order valence-electron chi connectivity index (χ0n) is 16.7. The third kappa shape index (κ3) is 8.80. The second kappa shape index (κ2) is 9.51. The Morgan fingerprint density at radius 1 is 0.885 bits per heavy atom. The molecule has 1 amide bonds. The summed E-state index contributed by atoms with van der Waals surface area (Å²) in [7, 11) is 2.32. The second-order valence-electron chi connectivity index (χ2n) is 7.49. The molecule has 1 atom stereocenters. The SMILES string of the molecule is COC(=O)CC[C@@H](C(=O)OC)N(OC(C)(C)C)C(=O)C(=O)OC(C)(C)C. The van der Waals surface area contributed by atoms with E-state index < -0.39 is 41.1 Å². The van der Waals surface area contributed by atoms with Crippen LogP contribution in [0.1, 0.15) is 54.4 Å². The van der Waals surface area contributed by atoms with E-state index in [1.807, 2.05) is 0 Å². The number of hydrogen-bond acceptors (Lipinski definition) is 8. The maximum Gasteiger partial charge on any atom is 0.399 e. The minimum Gasteiger partial charge on any atom is -0.469 e. The Morgan fingerprint density at radius 3 is 1.81 bits per heavy atom. The van der Waals surface area contributed by atoms with E-state index in [2.05, 4.69) is 9.47 Å². The van der Waals surface area contributed by atoms with Crippen LogP contribution in [0.5, 0.6) is 0 Å². The first kappa shape index (κ1) is 23.8. The van der Waals surface area contributed by atoms with Crippen molar-refractivity contribution >= 4 is 23.8 Å². The van der Waals surface area contributed by atoms with Crippen molar-refractivity contribution in [3.8, 4) is 0 Å². The maximum atomic E-state index is 12.6. The molecule has 0 aromatic carbocycles. The Morgan fingerprint density at radius 2 is 1.42 bits per heavy atom. The molecule has 0 aliphatic rings. The molecule has 9 nitrogen and oxygen atoms in total. The van der Waals surface area contributed by atoms with Gasteiger partial charge in [-0.05, 0) is 48.0 Å². The van der Waals surface area contributed by atoms with Gasteiger partial charge in [0.1, 0.15) is 5.60 Å². The minimum absolute atomic E-state index is 0.149. The molecule has 150 valence electrons. The van der Waals surface area contributed by atoms with Crippen LogP contribution in [-0.4, -0.2) is 60.3 Å². The zero-order chi connectivity index (χ0) is 20.7. The predicted molar refractivity (Wildman–Crippen MR) is 90.6 cm³/mol. The largest absolute Gasteiger partial charge is 0.469 e. The van der Waals surface area contributed by atoms with Crippen molar-refractivity contribution in [3.05, 3.63) is 0 Å². The molecule has 0 rings (SSSR count). The lowest BCUT2D eigenvalue weighted by atomic mass is 10.1. The molecule has 0 aromatic rings. The van der Waals surface area contributed by atoms with Gasteiger partial charge in [0.25, 0.3) is 0 Å². The third-order valence-corrected chi connectivity index (χ3v) is 2.75. The molecule has 0 aliphatic carbocycles. The second-order valence-corrected chi connectivity index (χ2v) is 7.49. The van der Waals surface area contributed by atoms with E-state index in [1.54, 1.807) is 41.5 Å². The summed E-state index contributed by atoms with van der Waals surface area (Å²) >= 11 is 0. The fourth-order valence-electron chi connectivity index (χ4n) is 1.78. The highest BCUT2D eigenvalue weighted by Gasteiger charge is 2.40. The molecule has 0 N–H and O–H groups in total. The van der Waals surface area contributed by atoms with Crippen LogP contribution in [-0.2, 0) is 38.2 Å². The molecule has 0 saturated heterocycles. The summed E-state index contributed by atoms with van der Waals surface area (Å²) in [4.78, 5) is 53.8. The first-order valence-corrected chi connectivity index (χ1v) is 8.12. The Bertz CT molecular complexity index is 530. The van der Waals surface area contributed by atoms with Gasteiger partial charge in [0, 0.05) is 6.42 Å². The molecule has 0 aromatic heterocycles. The van der Waals surface area contributed by atoms with Crippen molar-refractivity contribution in [2.24, 2.45) is 0 Å². The molecular weight excluding hydrogens is 346 g/mol. The van der Waals surface area contributed by atoms with Gasteiger partial charge in [0.15, 0.2) is 6.04 Å². The van der Waals surface area contributed by atoms with E-state index >= 15 is 0 Å². The first-order valence-electron chi connectivity index (χ1n) is 8.12. The van der Waals surface area contributed by atoms with E-state index in [9.17, 15) is 19.2 Å². The number of ether oxygens (including phenoxy) is 3. The number of amides is 1. The number of carbonyl (C=O) groups is 4. The Balaban J connectivity index is 5.68. The number of methoxy groups -OCH3 is 2. The molecule has 0 radical (unpaired) electrons. The molecule has 0 heterocycles. The lowest BCUT2D eigenvalue weighted by Gasteiger charge is -2.34. The molecule has 0 saturated carbocycles. The van der Waals surface area contributed by atoms with Gasteiger partial charge in [-0.15, -0.1) is 0 Å². The van der Waals surface area contributed by atoms with E-state index in [4.69, 9.17) is 9.57 Å². The van der Waals surface area contributed by atoms with Crippen LogP contribution >= 0.6 is 0 Å². The highest BCUT2D eigenvalue weighted by Crippen LogP contribution is 2.19. The molecule has 26 heavy (non-hydrogen) atoms. The normalized spacial score (nSPS) is 12.8. The standard InChI is InChI=1S/C17H29NO8/c1-16(2,3)25-15(22)13(20)18(26-17(4,5)6)11(14(21)24-8)9-10-12(19)23-7/h11H,9-10H2,1-8H3/t11-/m0/s1. The van der Waals surface area contributed by atoms with Crippen LogP contribution in [0.2, 0.25) is 0 Å². The molecule has 0 aliphatic heterocycles. The van der Waals surface area contributed by atoms with Crippen LogP contribution < -0.4 is 0 Å². The monoisotopic (exact) mass is 375 g/mol. The lowest BCUT2D eigenvalue weighted by Crippen LogP contribution is -2.52. The summed E-state index contributed by atoms with van der Waals surface area (Å²) in [5.74, 6) is -3.78. The van der Waals surface area contributed by atoms with Crippen molar-refractivity contribution in [1.29, 1.82) is 0 Å². The number of nitrogens with zero attached hydrogens (tertiary/aromatic N) is 1. The first-order chi connectivity index (χ1) is 11.7. The smallest absolute Gasteiger partial charge is 0.399 e. The van der Waals surface area contributed by atoms with Crippen LogP contribution in [0.4, 0.5) is 0 Å². The average molecular weight is 375 g/mol. The summed E-state index contributed by atoms with van der Waals surface area (Å²) in [6.45, 7) is 9.71. The maximum absolute atomic E-state index is 12.6. The van der Waals surface area contributed by atoms with E-state index in [0.29, 0.717) is 5.06 Å². The third-order valence-electron chi connectivity index (χ3n) is 2.75. The summed E-state index contributed by atoms with van der Waals surface area (Å²) in [5, 5.41) is 0.614. The predicted octanol–water partition coefficient (Wildman–Crippen LogP) is 1.38. The number of rotatable bonds is 6. The Labute approximate surface area is 153 Å². The van der Waals surface area contributed by atoms with Gasteiger partial charge >= 0.3 is 23.8 Å². The zero-order valence-corrected chi connectivity index (χ0v) is 16.7. The van der Waals surface area contributed by atoms with Gasteiger partial charge in [-0.25, -0.2) is 9.59 Å². The molecule has 9 heteroatoms. The van der Waals surface area contributed by atoms with Gasteiger partial charge in [0.05, 0.1) is 19.8 Å². The number of esters is 3. The van der Waals surface area contributed by atoms with Gasteiger partial charge in [-0.3, -0.25) is 14.4 Å². The summed E-state index contributed by atoms with van der Waals surface area (Å²) in [6.07, 6.45) is -0.328. The van der Waals surface area contributed by atoms with E-state index in [-0.39, 0.29) is 12.8 Å². The van der Waals surface area contributed by atoms with Crippen molar-refractivity contribution in [2.45, 2.75) is 71.6 Å². The van der Waals surface area contributed by atoms with Crippen LogP contribution in [0.25, 0.3) is 0 Å². The summed E-state index contributed by atoms with van der Waals surface area (Å²) in [5.41, 5.74) is -1.82. The van der Waals surface area contributed by atoms with E-state index in [0.717, 1.165) is 7.11 Å². The summed E-state index contributed by atoms with van der Waals surface area (Å²) < 4.78 is 14.3. The Hall–Kier alpha value is -2.16. The average Bonchev–Trinajstić information content (AvgIpc) is 2.49. The molecule has 0 bridgehead atoms. The van der Waals surface area contributed by atoms with Crippen LogP contribution in [0, 0.1) is 0 Å². The fourth-order valence-corrected chi connectivity index (χ4v) is 1.78. The topological polar surface area (TPSA) is 108 Å². The number of hydroxylamine groups is 2. The van der Waals surface area contributed by atoms with Crippen LogP contribution in [0.15, 0.2) is 0 Å².